The summed E-state index contributed by atoms with van der Waals surface area (Å²) in [6.45, 7) is 2.26. The molecule has 0 unspecified atom stereocenters. The molecule has 0 atom stereocenters. The molecule has 0 saturated carbocycles. The van der Waals surface area contributed by atoms with Gasteiger partial charge in [-0.15, -0.1) is 0 Å². The molecule has 3 aromatic rings. The minimum Gasteiger partial charge on any atom is -0.497 e. The van der Waals surface area contributed by atoms with Gasteiger partial charge in [0.05, 0.1) is 7.11 Å². The number of carbonyl (C=O) groups excluding carboxylic acids is 1. The maximum absolute atomic E-state index is 12.6. The number of anilines is 1. The van der Waals surface area contributed by atoms with Crippen molar-refractivity contribution in [3.05, 3.63) is 71.9 Å². The number of methoxy groups -OCH3 is 1. The molecule has 1 fully saturated rings. The minimum atomic E-state index is -1.26. The number of ether oxygens (including phenoxy) is 1. The zero-order valence-corrected chi connectivity index (χ0v) is 19.7. The quantitative estimate of drug-likeness (QED) is 0.394. The highest BCUT2D eigenvalue weighted by atomic mass is 16.5. The number of carboxylic acids is 2. The van der Waals surface area contributed by atoms with Gasteiger partial charge in [-0.05, 0) is 80.9 Å². The minimum absolute atomic E-state index is 0.135. The molecule has 9 heteroatoms. The summed E-state index contributed by atoms with van der Waals surface area (Å²) < 4.78 is 5.21. The Labute approximate surface area is 203 Å². The normalized spacial score (nSPS) is 14.3. The summed E-state index contributed by atoms with van der Waals surface area (Å²) >= 11 is 0. The summed E-state index contributed by atoms with van der Waals surface area (Å²) in [6, 6.07) is 13.2. The molecule has 4 N–H and O–H groups in total. The molecular weight excluding hydrogens is 450 g/mol. The van der Waals surface area contributed by atoms with Gasteiger partial charge < -0.3 is 30.2 Å². The van der Waals surface area contributed by atoms with Gasteiger partial charge in [-0.25, -0.2) is 9.59 Å². The van der Waals surface area contributed by atoms with Gasteiger partial charge in [0.25, 0.3) is 5.91 Å². The average molecular weight is 480 g/mol. The standard InChI is InChI=1S/C22H25N3O2.C4H4O4/c1-25-10-8-15(9-11-25)20-14-23-21-7-6-17(13-19(20)21)24-22(26)16-4-3-5-18(12-16)27-2;5-3(6)1-2-4(7)8/h3-7,12-15,23H,8-11H2,1-2H3,(H,24,26);1-2H,(H,5,6)(H,7,8)/b;2-1+. The predicted molar refractivity (Wildman–Crippen MR) is 133 cm³/mol. The van der Waals surface area contributed by atoms with E-state index in [0.29, 0.717) is 29.4 Å². The van der Waals surface area contributed by atoms with Crippen LogP contribution in [-0.4, -0.2) is 65.2 Å². The van der Waals surface area contributed by atoms with Gasteiger partial charge in [0.1, 0.15) is 5.75 Å². The number of aromatic nitrogens is 1. The summed E-state index contributed by atoms with van der Waals surface area (Å²) in [5.74, 6) is -1.41. The van der Waals surface area contributed by atoms with Crippen LogP contribution in [0.15, 0.2) is 60.8 Å². The number of carboxylic acid groups (broad SMARTS) is 2. The van der Waals surface area contributed by atoms with Gasteiger partial charge in [-0.1, -0.05) is 6.07 Å². The number of amides is 1. The van der Waals surface area contributed by atoms with Crippen molar-refractivity contribution in [3.8, 4) is 5.75 Å². The fourth-order valence-corrected chi connectivity index (χ4v) is 3.99. The highest BCUT2D eigenvalue weighted by molar-refractivity contribution is 6.05. The van der Waals surface area contributed by atoms with E-state index in [4.69, 9.17) is 14.9 Å². The van der Waals surface area contributed by atoms with E-state index in [1.54, 1.807) is 19.2 Å². The SMILES string of the molecule is COc1cccc(C(=O)Nc2ccc3[nH]cc(C4CCN(C)CC4)c3c2)c1.O=C(O)/C=C/C(=O)O. The van der Waals surface area contributed by atoms with Crippen LogP contribution in [0, 0.1) is 0 Å². The number of hydrogen-bond donors (Lipinski definition) is 4. The van der Waals surface area contributed by atoms with Crippen molar-refractivity contribution in [2.24, 2.45) is 0 Å². The zero-order valence-electron chi connectivity index (χ0n) is 19.7. The van der Waals surface area contributed by atoms with Crippen LogP contribution in [0.4, 0.5) is 5.69 Å². The van der Waals surface area contributed by atoms with Crippen molar-refractivity contribution in [2.45, 2.75) is 18.8 Å². The van der Waals surface area contributed by atoms with E-state index < -0.39 is 11.9 Å². The Morgan fingerprint density at radius 3 is 2.37 bits per heavy atom. The second-order valence-electron chi connectivity index (χ2n) is 8.28. The second-order valence-corrected chi connectivity index (χ2v) is 8.28. The molecule has 4 rings (SSSR count). The van der Waals surface area contributed by atoms with Crippen molar-refractivity contribution in [3.63, 3.8) is 0 Å². The molecule has 1 aliphatic heterocycles. The number of aromatic amines is 1. The molecule has 0 radical (unpaired) electrons. The van der Waals surface area contributed by atoms with Crippen molar-refractivity contribution < 1.29 is 29.3 Å². The molecule has 0 spiro atoms. The number of aliphatic carboxylic acids is 2. The van der Waals surface area contributed by atoms with Crippen molar-refractivity contribution >= 4 is 34.4 Å². The number of nitrogens with one attached hydrogen (secondary N) is 2. The Balaban J connectivity index is 0.000000371. The van der Waals surface area contributed by atoms with Crippen LogP contribution >= 0.6 is 0 Å². The fraction of sp³-hybridized carbons (Fsp3) is 0.269. The molecule has 1 aliphatic rings. The van der Waals surface area contributed by atoms with Crippen LogP contribution in [0.25, 0.3) is 10.9 Å². The highest BCUT2D eigenvalue weighted by Gasteiger charge is 2.21. The number of nitrogens with zero attached hydrogens (tertiary/aromatic N) is 1. The van der Waals surface area contributed by atoms with E-state index in [-0.39, 0.29) is 5.91 Å². The number of carbonyl (C=O) groups is 3. The molecular formula is C26H29N3O6. The first-order chi connectivity index (χ1) is 16.8. The monoisotopic (exact) mass is 479 g/mol. The number of H-pyrrole nitrogens is 1. The number of fused-ring (bicyclic) bond motifs is 1. The Kier molecular flexibility index (Phi) is 8.63. The topological polar surface area (TPSA) is 132 Å². The van der Waals surface area contributed by atoms with Gasteiger partial charge in [0, 0.05) is 40.5 Å². The van der Waals surface area contributed by atoms with Crippen molar-refractivity contribution in [1.82, 2.24) is 9.88 Å². The molecule has 0 aliphatic carbocycles. The molecule has 1 aromatic heterocycles. The van der Waals surface area contributed by atoms with Gasteiger partial charge in [-0.2, -0.15) is 0 Å². The van der Waals surface area contributed by atoms with Gasteiger partial charge in [0.15, 0.2) is 0 Å². The summed E-state index contributed by atoms with van der Waals surface area (Å²) in [6.07, 6.45) is 5.59. The second kappa shape index (κ2) is 11.8. The lowest BCUT2D eigenvalue weighted by Crippen LogP contribution is -2.29. The van der Waals surface area contributed by atoms with E-state index in [1.807, 2.05) is 24.3 Å². The van der Waals surface area contributed by atoms with Crippen LogP contribution < -0.4 is 10.1 Å². The Morgan fingerprint density at radius 1 is 1.06 bits per heavy atom. The largest absolute Gasteiger partial charge is 0.497 e. The maximum atomic E-state index is 12.6. The van der Waals surface area contributed by atoms with Crippen molar-refractivity contribution in [1.29, 1.82) is 0 Å². The molecule has 2 heterocycles. The van der Waals surface area contributed by atoms with Gasteiger partial charge >= 0.3 is 11.9 Å². The number of hydrogen-bond acceptors (Lipinski definition) is 5. The smallest absolute Gasteiger partial charge is 0.328 e. The van der Waals surface area contributed by atoms with Crippen LogP contribution in [0.1, 0.15) is 34.7 Å². The summed E-state index contributed by atoms with van der Waals surface area (Å²) in [4.78, 5) is 37.5. The molecule has 2 aromatic carbocycles. The fourth-order valence-electron chi connectivity index (χ4n) is 3.99. The first kappa shape index (κ1) is 25.5. The zero-order chi connectivity index (χ0) is 25.4. The van der Waals surface area contributed by atoms with Gasteiger partial charge in [0.2, 0.25) is 0 Å². The molecule has 1 amide bonds. The number of benzene rings is 2. The third-order valence-corrected chi connectivity index (χ3v) is 5.83. The Hall–Kier alpha value is -4.11. The van der Waals surface area contributed by atoms with E-state index in [9.17, 15) is 14.4 Å². The van der Waals surface area contributed by atoms with Gasteiger partial charge in [-0.3, -0.25) is 4.79 Å². The summed E-state index contributed by atoms with van der Waals surface area (Å²) in [7, 11) is 3.78. The molecule has 35 heavy (non-hydrogen) atoms. The lowest BCUT2D eigenvalue weighted by molar-refractivity contribution is -0.134. The van der Waals surface area contributed by atoms with Crippen LogP contribution in [0.3, 0.4) is 0 Å². The summed E-state index contributed by atoms with van der Waals surface area (Å²) in [5, 5.41) is 19.8. The molecule has 0 bridgehead atoms. The highest BCUT2D eigenvalue weighted by Crippen LogP contribution is 2.34. The van der Waals surface area contributed by atoms with E-state index in [2.05, 4.69) is 34.5 Å². The number of likely N-dealkylation sites (tertiary alicyclic amines) is 1. The first-order valence-corrected chi connectivity index (χ1v) is 11.2. The van der Waals surface area contributed by atoms with Crippen LogP contribution in [0.2, 0.25) is 0 Å². The van der Waals surface area contributed by atoms with Crippen LogP contribution in [-0.2, 0) is 9.59 Å². The maximum Gasteiger partial charge on any atom is 0.328 e. The molecule has 1 saturated heterocycles. The summed E-state index contributed by atoms with van der Waals surface area (Å²) in [5.41, 5.74) is 3.86. The molecule has 184 valence electrons. The Bertz CT molecular complexity index is 1210. The Morgan fingerprint density at radius 2 is 1.74 bits per heavy atom. The lowest BCUT2D eigenvalue weighted by atomic mass is 9.89. The number of piperidine rings is 1. The number of rotatable bonds is 6. The third-order valence-electron chi connectivity index (χ3n) is 5.83. The first-order valence-electron chi connectivity index (χ1n) is 11.2. The van der Waals surface area contributed by atoms with Crippen LogP contribution in [0.5, 0.6) is 5.75 Å². The third kappa shape index (κ3) is 7.18. The van der Waals surface area contributed by atoms with E-state index >= 15 is 0 Å². The molecule has 9 nitrogen and oxygen atoms in total. The lowest BCUT2D eigenvalue weighted by Gasteiger charge is -2.28. The van der Waals surface area contributed by atoms with Crippen molar-refractivity contribution in [2.75, 3.05) is 32.6 Å². The predicted octanol–water partition coefficient (Wildman–Crippen LogP) is 3.95. The van der Waals surface area contributed by atoms with E-state index in [1.165, 1.54) is 23.8 Å². The average Bonchev–Trinajstić information content (AvgIpc) is 3.27. The van der Waals surface area contributed by atoms with E-state index in [0.717, 1.165) is 24.3 Å².